The molecular formula is C55H64N4O13. The maximum absolute atomic E-state index is 14.4. The highest BCUT2D eigenvalue weighted by Crippen LogP contribution is 2.38. The molecule has 3 aliphatic heterocycles. The number of benzene rings is 4. The maximum Gasteiger partial charge on any atom is 0.329 e. The number of rotatable bonds is 22. The fraction of sp³-hybridized carbons (Fsp3) is 0.436. The van der Waals surface area contributed by atoms with Crippen molar-refractivity contribution in [1.82, 2.24) is 20.4 Å². The first kappa shape index (κ1) is 52.6. The van der Waals surface area contributed by atoms with Gasteiger partial charge < -0.3 is 38.6 Å². The maximum atomic E-state index is 14.4. The van der Waals surface area contributed by atoms with Crippen molar-refractivity contribution in [3.8, 4) is 23.0 Å². The van der Waals surface area contributed by atoms with E-state index in [2.05, 4.69) is 42.7 Å². The highest BCUT2D eigenvalue weighted by Gasteiger charge is 2.46. The van der Waals surface area contributed by atoms with Crippen LogP contribution in [0.5, 0.6) is 23.0 Å². The Labute approximate surface area is 419 Å². The lowest BCUT2D eigenvalue weighted by molar-refractivity contribution is -0.162. The van der Waals surface area contributed by atoms with Crippen LogP contribution in [0.2, 0.25) is 0 Å². The fourth-order valence-electron chi connectivity index (χ4n) is 9.53. The number of ether oxygens (including phenoxy) is 6. The number of piperidine rings is 2. The Hall–Kier alpha value is -7.27. The number of nitrogens with zero attached hydrogens (tertiary/aromatic N) is 2. The van der Waals surface area contributed by atoms with E-state index in [-0.39, 0.29) is 68.6 Å². The predicted octanol–water partition coefficient (Wildman–Crippen LogP) is 6.41. The summed E-state index contributed by atoms with van der Waals surface area (Å²) in [6, 6.07) is 20.0. The topological polar surface area (TPSA) is 205 Å². The minimum absolute atomic E-state index is 0.0133. The van der Waals surface area contributed by atoms with E-state index in [1.54, 1.807) is 49.5 Å². The summed E-state index contributed by atoms with van der Waals surface area (Å²) in [4.78, 5) is 94.8. The third-order valence-electron chi connectivity index (χ3n) is 13.5. The van der Waals surface area contributed by atoms with Crippen LogP contribution in [-0.4, -0.2) is 117 Å². The molecule has 2 N–H and O–H groups in total. The number of nitrogens with one attached hydrogen (secondary N) is 2. The average Bonchev–Trinajstić information content (AvgIpc) is 3.63. The molecule has 0 bridgehead atoms. The number of hydrogen-bond donors (Lipinski definition) is 2. The van der Waals surface area contributed by atoms with E-state index in [1.165, 1.54) is 11.6 Å². The van der Waals surface area contributed by atoms with Gasteiger partial charge in [0.2, 0.25) is 17.7 Å². The Morgan fingerprint density at radius 1 is 0.792 bits per heavy atom. The summed E-state index contributed by atoms with van der Waals surface area (Å²) in [7, 11) is 3.15. The van der Waals surface area contributed by atoms with Crippen LogP contribution in [0.1, 0.15) is 118 Å². The molecule has 0 aliphatic carbocycles. The third kappa shape index (κ3) is 12.2. The number of fused-ring (bicyclic) bond motifs is 1. The Bertz CT molecular complexity index is 2690. The minimum Gasteiger partial charge on any atom is -0.493 e. The molecule has 7 rings (SSSR count). The van der Waals surface area contributed by atoms with Crippen LogP contribution in [-0.2, 0) is 39.9 Å². The standard InChI is InChI=1S/C55H64N4O13/c1-7-40(38-29-35(4)50(68-6)46(31-38)67-5)52(63)58-24-9-8-15-43(58)55(66)72-44(21-19-36-18-17-33(2)34(3)28-36)37-12-10-13-39(30-37)71-32-48(61)56-23-25-69-26-27-70-45-16-11-14-41-49(45)54(65)59(53(41)64)42-20-22-47(60)57-51(42)62/h10-14,16-18,28-31,40,42-44H,7-9,15,19-27,32H2,1-6H3,(H,56,61)(H,57,60,62)/t40-,42?,43-,44?/m0/s1. The van der Waals surface area contributed by atoms with Gasteiger partial charge in [0.25, 0.3) is 17.7 Å². The van der Waals surface area contributed by atoms with Gasteiger partial charge in [0.1, 0.15) is 36.3 Å². The van der Waals surface area contributed by atoms with Crippen LogP contribution < -0.4 is 29.6 Å². The van der Waals surface area contributed by atoms with E-state index in [9.17, 15) is 33.6 Å². The molecule has 17 nitrogen and oxygen atoms in total. The van der Waals surface area contributed by atoms with Crippen LogP contribution in [0.15, 0.2) is 72.8 Å². The van der Waals surface area contributed by atoms with Crippen molar-refractivity contribution in [3.63, 3.8) is 0 Å². The molecule has 6 amide bonds. The lowest BCUT2D eigenvalue weighted by Gasteiger charge is -2.37. The van der Waals surface area contributed by atoms with Crippen molar-refractivity contribution < 1.29 is 62.0 Å². The summed E-state index contributed by atoms with van der Waals surface area (Å²) in [5.74, 6) is -2.26. The summed E-state index contributed by atoms with van der Waals surface area (Å²) in [5, 5.41) is 4.94. The van der Waals surface area contributed by atoms with Crippen LogP contribution >= 0.6 is 0 Å². The predicted molar refractivity (Wildman–Crippen MR) is 264 cm³/mol. The second kappa shape index (κ2) is 24.2. The van der Waals surface area contributed by atoms with Crippen molar-refractivity contribution >= 4 is 41.4 Å². The molecule has 2 fully saturated rings. The molecule has 2 unspecified atom stereocenters. The molecule has 2 saturated heterocycles. The van der Waals surface area contributed by atoms with E-state index >= 15 is 0 Å². The number of methoxy groups -OCH3 is 2. The van der Waals surface area contributed by atoms with Gasteiger partial charge >= 0.3 is 5.97 Å². The first-order valence-corrected chi connectivity index (χ1v) is 24.6. The summed E-state index contributed by atoms with van der Waals surface area (Å²) in [5.41, 5.74) is 5.91. The lowest BCUT2D eigenvalue weighted by atomic mass is 9.91. The van der Waals surface area contributed by atoms with Gasteiger partial charge in [-0.2, -0.15) is 0 Å². The molecule has 4 aromatic rings. The van der Waals surface area contributed by atoms with Gasteiger partial charge in [0, 0.05) is 19.5 Å². The van der Waals surface area contributed by atoms with Crippen LogP contribution in [0.25, 0.3) is 0 Å². The molecule has 4 atom stereocenters. The van der Waals surface area contributed by atoms with E-state index in [0.717, 1.165) is 40.0 Å². The number of aryl methyl sites for hydroxylation is 4. The summed E-state index contributed by atoms with van der Waals surface area (Å²) in [6.07, 6.45) is 2.97. The van der Waals surface area contributed by atoms with Gasteiger partial charge in [-0.15, -0.1) is 0 Å². The summed E-state index contributed by atoms with van der Waals surface area (Å²) in [6.45, 7) is 8.57. The van der Waals surface area contributed by atoms with Crippen molar-refractivity contribution in [2.75, 3.05) is 53.7 Å². The number of carbonyl (C=O) groups excluding carboxylic acids is 7. The zero-order valence-corrected chi connectivity index (χ0v) is 41.8. The van der Waals surface area contributed by atoms with Crippen molar-refractivity contribution in [3.05, 3.63) is 117 Å². The Kier molecular flexibility index (Phi) is 17.7. The normalized spacial score (nSPS) is 17.4. The van der Waals surface area contributed by atoms with Gasteiger partial charge in [-0.3, -0.25) is 39.0 Å². The summed E-state index contributed by atoms with van der Waals surface area (Å²) >= 11 is 0. The fourth-order valence-corrected chi connectivity index (χ4v) is 9.53. The van der Waals surface area contributed by atoms with Gasteiger partial charge in [-0.1, -0.05) is 49.4 Å². The molecule has 0 radical (unpaired) electrons. The highest BCUT2D eigenvalue weighted by molar-refractivity contribution is 6.24. The largest absolute Gasteiger partial charge is 0.493 e. The quantitative estimate of drug-likeness (QED) is 0.0497. The smallest absolute Gasteiger partial charge is 0.329 e. The average molecular weight is 989 g/mol. The molecule has 0 saturated carbocycles. The van der Waals surface area contributed by atoms with E-state index in [4.69, 9.17) is 28.4 Å². The number of carbonyl (C=O) groups is 7. The Morgan fingerprint density at radius 3 is 2.35 bits per heavy atom. The first-order chi connectivity index (χ1) is 34.7. The van der Waals surface area contributed by atoms with Gasteiger partial charge in [-0.25, -0.2) is 4.79 Å². The summed E-state index contributed by atoms with van der Waals surface area (Å²) < 4.78 is 34.9. The molecular weight excluding hydrogens is 925 g/mol. The van der Waals surface area contributed by atoms with Crippen molar-refractivity contribution in [2.45, 2.75) is 103 Å². The molecule has 17 heteroatoms. The van der Waals surface area contributed by atoms with Crippen molar-refractivity contribution in [1.29, 1.82) is 0 Å². The highest BCUT2D eigenvalue weighted by atomic mass is 16.5. The number of imide groups is 2. The molecule has 0 spiro atoms. The molecule has 0 aromatic heterocycles. The molecule has 4 aromatic carbocycles. The van der Waals surface area contributed by atoms with Crippen LogP contribution in [0.4, 0.5) is 0 Å². The molecule has 382 valence electrons. The number of likely N-dealkylation sites (tertiary alicyclic amines) is 1. The Balaban J connectivity index is 0.927. The van der Waals surface area contributed by atoms with Gasteiger partial charge in [0.05, 0.1) is 44.5 Å². The minimum atomic E-state index is -1.09. The zero-order chi connectivity index (χ0) is 51.5. The van der Waals surface area contributed by atoms with E-state index < -0.39 is 59.6 Å². The molecule has 3 heterocycles. The first-order valence-electron chi connectivity index (χ1n) is 24.6. The van der Waals surface area contributed by atoms with Crippen molar-refractivity contribution in [2.24, 2.45) is 0 Å². The second-order valence-corrected chi connectivity index (χ2v) is 18.3. The second-order valence-electron chi connectivity index (χ2n) is 18.3. The van der Waals surface area contributed by atoms with Gasteiger partial charge in [-0.05, 0) is 129 Å². The monoisotopic (exact) mass is 988 g/mol. The third-order valence-corrected chi connectivity index (χ3v) is 13.5. The van der Waals surface area contributed by atoms with E-state index in [1.807, 2.05) is 32.0 Å². The number of amides is 6. The van der Waals surface area contributed by atoms with Gasteiger partial charge in [0.15, 0.2) is 18.1 Å². The zero-order valence-electron chi connectivity index (χ0n) is 41.8. The van der Waals surface area contributed by atoms with Crippen LogP contribution in [0, 0.1) is 20.8 Å². The number of hydrogen-bond acceptors (Lipinski definition) is 13. The molecule has 72 heavy (non-hydrogen) atoms. The molecule has 3 aliphatic rings. The Morgan fingerprint density at radius 2 is 1.60 bits per heavy atom. The SMILES string of the molecule is CC[C@H](C(=O)N1CCCC[C@H]1C(=O)OC(CCc1ccc(C)c(C)c1)c1cccc(OCC(=O)NCCOCCOc2cccc3c2C(=O)N(C2CCC(=O)NC2=O)C3=O)c1)c1cc(C)c(OC)c(OC)c1. The lowest BCUT2D eigenvalue weighted by Crippen LogP contribution is -2.54. The number of esters is 1. The van der Waals surface area contributed by atoms with E-state index in [0.29, 0.717) is 55.0 Å². The van der Waals surface area contributed by atoms with Crippen LogP contribution in [0.3, 0.4) is 0 Å².